The van der Waals surface area contributed by atoms with Crippen LogP contribution in [0, 0.1) is 13.8 Å². The van der Waals surface area contributed by atoms with Crippen molar-refractivity contribution in [2.75, 3.05) is 26.6 Å². The van der Waals surface area contributed by atoms with Crippen molar-refractivity contribution in [2.45, 2.75) is 31.7 Å². The number of ketones is 1. The molecule has 0 aliphatic heterocycles. The van der Waals surface area contributed by atoms with E-state index < -0.39 is 5.97 Å². The number of ether oxygens (including phenoxy) is 2. The lowest BCUT2D eigenvalue weighted by Crippen LogP contribution is -2.17. The second kappa shape index (κ2) is 9.44. The monoisotopic (exact) mass is 409 g/mol. The number of hydrogen-bond acceptors (Lipinski definition) is 5. The lowest BCUT2D eigenvalue weighted by molar-refractivity contribution is 0.0474. The Morgan fingerprint density at radius 1 is 1.22 bits per heavy atom. The summed E-state index contributed by atoms with van der Waals surface area (Å²) in [4.78, 5) is 25.8. The van der Waals surface area contributed by atoms with Gasteiger partial charge in [0.05, 0.1) is 23.2 Å². The average Bonchev–Trinajstić information content (AvgIpc) is 2.94. The number of halogens is 1. The maximum absolute atomic E-state index is 12.6. The zero-order chi connectivity index (χ0) is 20.1. The number of hydrogen-bond donors (Lipinski definition) is 0. The summed E-state index contributed by atoms with van der Waals surface area (Å²) in [5.74, 6) is -0.852. The second-order valence-corrected chi connectivity index (χ2v) is 7.59. The molecule has 0 spiro atoms. The molecule has 2 rings (SSSR count). The molecular weight excluding hydrogens is 386 g/mol. The van der Waals surface area contributed by atoms with Crippen LogP contribution in [-0.2, 0) is 9.47 Å². The van der Waals surface area contributed by atoms with Crippen molar-refractivity contribution in [3.63, 3.8) is 0 Å². The summed E-state index contributed by atoms with van der Waals surface area (Å²) in [6.07, 6.45) is 1.90. The molecule has 0 amide bonds. The predicted molar refractivity (Wildman–Crippen MR) is 108 cm³/mol. The van der Waals surface area contributed by atoms with Gasteiger partial charge in [-0.1, -0.05) is 11.6 Å². The Labute approximate surface area is 169 Å². The number of aryl methyl sites for hydroxylation is 1. The molecule has 0 aliphatic carbocycles. The lowest BCUT2D eigenvalue weighted by atomic mass is 10.1. The highest BCUT2D eigenvalue weighted by molar-refractivity contribution is 7.98. The smallest absolute Gasteiger partial charge is 0.340 e. The van der Waals surface area contributed by atoms with Crippen LogP contribution in [0.5, 0.6) is 0 Å². The van der Waals surface area contributed by atoms with Crippen molar-refractivity contribution >= 4 is 35.1 Å². The van der Waals surface area contributed by atoms with Gasteiger partial charge in [-0.25, -0.2) is 4.79 Å². The Hall–Kier alpha value is -1.76. The molecule has 0 fully saturated rings. The van der Waals surface area contributed by atoms with Gasteiger partial charge in [-0.3, -0.25) is 4.79 Å². The summed E-state index contributed by atoms with van der Waals surface area (Å²) in [7, 11) is 1.65. The maximum atomic E-state index is 12.6. The number of methoxy groups -OCH3 is 1. The van der Waals surface area contributed by atoms with E-state index in [2.05, 4.69) is 4.57 Å². The molecule has 1 aromatic heterocycles. The highest BCUT2D eigenvalue weighted by Crippen LogP contribution is 2.24. The molecular formula is C20H24ClNO4S. The molecule has 7 heteroatoms. The fourth-order valence-corrected chi connectivity index (χ4v) is 3.76. The molecule has 0 radical (unpaired) electrons. The third-order valence-electron chi connectivity index (χ3n) is 4.36. The Kier molecular flexibility index (Phi) is 7.53. The number of benzene rings is 1. The number of rotatable bonds is 8. The molecule has 0 saturated carbocycles. The summed E-state index contributed by atoms with van der Waals surface area (Å²) < 4.78 is 12.5. The number of thioether (sulfide) groups is 1. The molecule has 0 saturated heterocycles. The Balaban J connectivity index is 2.12. The summed E-state index contributed by atoms with van der Waals surface area (Å²) in [5, 5.41) is 0.303. The summed E-state index contributed by atoms with van der Waals surface area (Å²) >= 11 is 7.58. The summed E-state index contributed by atoms with van der Waals surface area (Å²) in [6.45, 7) is 6.06. The number of Topliss-reactive ketones (excluding diaryl/α,β-unsaturated/α-hetero) is 1. The summed E-state index contributed by atoms with van der Waals surface area (Å²) in [5.41, 5.74) is 2.60. The van der Waals surface area contributed by atoms with Crippen LogP contribution in [0.2, 0.25) is 5.02 Å². The van der Waals surface area contributed by atoms with Crippen molar-refractivity contribution < 1.29 is 19.1 Å². The van der Waals surface area contributed by atoms with Gasteiger partial charge in [0.25, 0.3) is 0 Å². The van der Waals surface area contributed by atoms with Gasteiger partial charge in [0.2, 0.25) is 5.78 Å². The normalized spacial score (nSPS) is 12.1. The fraction of sp³-hybridized carbons (Fsp3) is 0.400. The van der Waals surface area contributed by atoms with Gasteiger partial charge in [0.1, 0.15) is 0 Å². The van der Waals surface area contributed by atoms with Gasteiger partial charge >= 0.3 is 5.97 Å². The minimum Gasteiger partial charge on any atom is -0.454 e. The molecule has 1 atom stereocenters. The van der Waals surface area contributed by atoms with E-state index in [1.54, 1.807) is 19.2 Å². The SMILES string of the molecule is COC[C@@H](C)n1c(C)cc(C(=O)COC(=O)c2cc(SC)ccc2Cl)c1C. The molecule has 5 nitrogen and oxygen atoms in total. The molecule has 0 aliphatic rings. The van der Waals surface area contributed by atoms with Crippen molar-refractivity contribution in [3.8, 4) is 0 Å². The standard InChI is InChI=1S/C20H24ClNO4S/c1-12-8-16(14(3)22(12)13(2)10-25-4)19(23)11-26-20(24)17-9-15(27-5)6-7-18(17)21/h6-9,13H,10-11H2,1-5H3/t13-/m1/s1. The highest BCUT2D eigenvalue weighted by Gasteiger charge is 2.21. The van der Waals surface area contributed by atoms with E-state index in [9.17, 15) is 9.59 Å². The minimum absolute atomic E-state index is 0.104. The third kappa shape index (κ3) is 4.94. The van der Waals surface area contributed by atoms with Crippen LogP contribution < -0.4 is 0 Å². The quantitative estimate of drug-likeness (QED) is 0.358. The van der Waals surface area contributed by atoms with Crippen molar-refractivity contribution in [1.82, 2.24) is 4.57 Å². The van der Waals surface area contributed by atoms with E-state index in [-0.39, 0.29) is 24.0 Å². The van der Waals surface area contributed by atoms with Crippen LogP contribution in [0.4, 0.5) is 0 Å². The number of esters is 1. The number of aromatic nitrogens is 1. The van der Waals surface area contributed by atoms with Crippen LogP contribution in [0.15, 0.2) is 29.2 Å². The first-order valence-electron chi connectivity index (χ1n) is 8.51. The van der Waals surface area contributed by atoms with Crippen molar-refractivity contribution in [3.05, 3.63) is 51.8 Å². The van der Waals surface area contributed by atoms with E-state index >= 15 is 0 Å². The predicted octanol–water partition coefficient (Wildman–Crippen LogP) is 4.73. The zero-order valence-electron chi connectivity index (χ0n) is 16.2. The molecule has 146 valence electrons. The fourth-order valence-electron chi connectivity index (χ4n) is 3.13. The Bertz CT molecular complexity index is 847. The molecule has 0 bridgehead atoms. The number of nitrogens with zero attached hydrogens (tertiary/aromatic N) is 1. The molecule has 1 aromatic carbocycles. The lowest BCUT2D eigenvalue weighted by Gasteiger charge is -2.17. The molecule has 0 N–H and O–H groups in total. The van der Waals surface area contributed by atoms with Gasteiger partial charge in [0, 0.05) is 29.0 Å². The summed E-state index contributed by atoms with van der Waals surface area (Å²) in [6, 6.07) is 7.06. The van der Waals surface area contributed by atoms with E-state index in [4.69, 9.17) is 21.1 Å². The van der Waals surface area contributed by atoms with E-state index in [1.165, 1.54) is 11.8 Å². The van der Waals surface area contributed by atoms with E-state index in [1.807, 2.05) is 39.2 Å². The van der Waals surface area contributed by atoms with Gasteiger partial charge in [0.15, 0.2) is 6.61 Å². The van der Waals surface area contributed by atoms with Gasteiger partial charge in [-0.05, 0) is 51.3 Å². The molecule has 27 heavy (non-hydrogen) atoms. The first kappa shape index (κ1) is 21.5. The van der Waals surface area contributed by atoms with Crippen LogP contribution in [0.3, 0.4) is 0 Å². The van der Waals surface area contributed by atoms with Crippen LogP contribution in [-0.4, -0.2) is 42.9 Å². The minimum atomic E-state index is -0.606. The number of carbonyl (C=O) groups excluding carboxylic acids is 2. The second-order valence-electron chi connectivity index (χ2n) is 6.30. The Morgan fingerprint density at radius 3 is 2.56 bits per heavy atom. The topological polar surface area (TPSA) is 57.5 Å². The first-order valence-corrected chi connectivity index (χ1v) is 10.1. The van der Waals surface area contributed by atoms with Gasteiger partial charge in [-0.15, -0.1) is 11.8 Å². The van der Waals surface area contributed by atoms with Crippen LogP contribution >= 0.6 is 23.4 Å². The largest absolute Gasteiger partial charge is 0.454 e. The van der Waals surface area contributed by atoms with Gasteiger partial charge < -0.3 is 14.0 Å². The zero-order valence-corrected chi connectivity index (χ0v) is 17.7. The molecule has 0 unspecified atom stereocenters. The Morgan fingerprint density at radius 2 is 1.93 bits per heavy atom. The highest BCUT2D eigenvalue weighted by atomic mass is 35.5. The van der Waals surface area contributed by atoms with E-state index in [0.29, 0.717) is 17.2 Å². The van der Waals surface area contributed by atoms with Crippen LogP contribution in [0.25, 0.3) is 0 Å². The molecule has 1 heterocycles. The van der Waals surface area contributed by atoms with Crippen LogP contribution in [0.1, 0.15) is 45.1 Å². The molecule has 2 aromatic rings. The van der Waals surface area contributed by atoms with E-state index in [0.717, 1.165) is 16.3 Å². The third-order valence-corrected chi connectivity index (χ3v) is 5.42. The van der Waals surface area contributed by atoms with Gasteiger partial charge in [-0.2, -0.15) is 0 Å². The maximum Gasteiger partial charge on any atom is 0.340 e. The first-order chi connectivity index (χ1) is 12.8. The van der Waals surface area contributed by atoms with Crippen molar-refractivity contribution in [1.29, 1.82) is 0 Å². The van der Waals surface area contributed by atoms with Crippen molar-refractivity contribution in [2.24, 2.45) is 0 Å². The number of carbonyl (C=O) groups is 2. The average molecular weight is 410 g/mol.